The number of benzene rings is 1. The van der Waals surface area contributed by atoms with Gasteiger partial charge in [0.15, 0.2) is 0 Å². The van der Waals surface area contributed by atoms with Gasteiger partial charge in [-0.3, -0.25) is 4.79 Å². The molecule has 0 aliphatic heterocycles. The van der Waals surface area contributed by atoms with Crippen LogP contribution in [0.2, 0.25) is 0 Å². The molecule has 0 saturated carbocycles. The Kier molecular flexibility index (Phi) is 6.93. The molecule has 0 aliphatic rings. The highest BCUT2D eigenvalue weighted by Crippen LogP contribution is 2.23. The van der Waals surface area contributed by atoms with Crippen molar-refractivity contribution in [1.82, 2.24) is 14.3 Å². The molecule has 2 rings (SSSR count). The Morgan fingerprint density at radius 3 is 2.39 bits per heavy atom. The van der Waals surface area contributed by atoms with Crippen molar-refractivity contribution in [3.8, 4) is 0 Å². The molecule has 1 heterocycles. The maximum absolute atomic E-state index is 13.7. The zero-order chi connectivity index (χ0) is 21.1. The van der Waals surface area contributed by atoms with Gasteiger partial charge in [0.2, 0.25) is 15.9 Å². The second-order valence-electron chi connectivity index (χ2n) is 6.00. The summed E-state index contributed by atoms with van der Waals surface area (Å²) >= 11 is 1.00. The maximum atomic E-state index is 13.7. The van der Waals surface area contributed by atoms with Gasteiger partial charge in [0.05, 0.1) is 12.6 Å². The normalized spacial score (nSPS) is 13.5. The second kappa shape index (κ2) is 8.66. The summed E-state index contributed by atoms with van der Waals surface area (Å²) < 4.78 is 65.6. The van der Waals surface area contributed by atoms with Crippen molar-refractivity contribution in [1.29, 1.82) is 0 Å². The van der Waals surface area contributed by atoms with Crippen molar-refractivity contribution >= 4 is 37.3 Å². The lowest BCUT2D eigenvalue weighted by Gasteiger charge is -2.14. The van der Waals surface area contributed by atoms with Crippen LogP contribution in [0.1, 0.15) is 11.8 Å². The number of carbonyl (C=O) groups excluding carboxylic acids is 1. The van der Waals surface area contributed by atoms with Crippen molar-refractivity contribution in [3.63, 3.8) is 0 Å². The minimum atomic E-state index is -4.21. The highest BCUT2D eigenvalue weighted by Gasteiger charge is 2.25. The quantitative estimate of drug-likeness (QED) is 0.627. The summed E-state index contributed by atoms with van der Waals surface area (Å²) in [5, 5.41) is 2.52. The lowest BCUT2D eigenvalue weighted by Crippen LogP contribution is -2.44. The molecule has 2 N–H and O–H groups in total. The van der Waals surface area contributed by atoms with Crippen LogP contribution in [-0.4, -0.2) is 47.2 Å². The summed E-state index contributed by atoms with van der Waals surface area (Å²) in [5.41, 5.74) is 0. The lowest BCUT2D eigenvalue weighted by molar-refractivity contribution is -0.122. The number of nitrogens with one attached hydrogen (secondary N) is 2. The molecule has 0 radical (unpaired) electrons. The van der Waals surface area contributed by atoms with Gasteiger partial charge in [-0.25, -0.2) is 25.5 Å². The Morgan fingerprint density at radius 1 is 1.14 bits per heavy atom. The molecule has 8 nitrogen and oxygen atoms in total. The molecule has 1 atom stereocenters. The molecule has 1 aromatic carbocycles. The van der Waals surface area contributed by atoms with Crippen molar-refractivity contribution in [2.24, 2.45) is 0 Å². The number of carbonyl (C=O) groups is 1. The van der Waals surface area contributed by atoms with E-state index in [1.54, 1.807) is 6.07 Å². The molecule has 28 heavy (non-hydrogen) atoms. The maximum Gasteiger partial charge on any atom is 0.252 e. The second-order valence-corrected chi connectivity index (χ2v) is 11.2. The molecule has 154 valence electrons. The highest BCUT2D eigenvalue weighted by atomic mass is 32.2. The lowest BCUT2D eigenvalue weighted by atomic mass is 10.3. The first kappa shape index (κ1) is 22.4. The molecule has 1 aromatic heterocycles. The van der Waals surface area contributed by atoms with Gasteiger partial charge in [-0.2, -0.15) is 4.72 Å². The Balaban J connectivity index is 2.00. The van der Waals surface area contributed by atoms with E-state index in [0.717, 1.165) is 27.8 Å². The third kappa shape index (κ3) is 5.14. The Hall–Kier alpha value is -1.86. The molecule has 0 saturated heterocycles. The first-order valence-corrected chi connectivity index (χ1v) is 11.7. The van der Waals surface area contributed by atoms with E-state index >= 15 is 0 Å². The predicted molar refractivity (Wildman–Crippen MR) is 103 cm³/mol. The predicted octanol–water partition coefficient (Wildman–Crippen LogP) is 1.12. The molecule has 12 heteroatoms. The third-order valence-electron chi connectivity index (χ3n) is 3.66. The van der Waals surface area contributed by atoms with Crippen molar-refractivity contribution in [2.45, 2.75) is 28.6 Å². The molecule has 0 fully saturated rings. The first-order valence-electron chi connectivity index (χ1n) is 8.01. The largest absolute Gasteiger partial charge is 0.350 e. The van der Waals surface area contributed by atoms with Crippen molar-refractivity contribution in [3.05, 3.63) is 47.1 Å². The molecule has 0 unspecified atom stereocenters. The molecule has 0 bridgehead atoms. The average molecular weight is 450 g/mol. The minimum absolute atomic E-state index is 0.0260. The Morgan fingerprint density at radius 2 is 1.79 bits per heavy atom. The van der Waals surface area contributed by atoms with Crippen LogP contribution in [0.25, 0.3) is 0 Å². The number of rotatable bonds is 8. The molecule has 0 spiro atoms. The van der Waals surface area contributed by atoms with Crippen LogP contribution in [0.3, 0.4) is 0 Å². The fourth-order valence-corrected chi connectivity index (χ4v) is 5.86. The number of amides is 1. The summed E-state index contributed by atoms with van der Waals surface area (Å²) in [6.45, 7) is 1.35. The van der Waals surface area contributed by atoms with Gasteiger partial charge in [0, 0.05) is 19.0 Å². The van der Waals surface area contributed by atoms with Gasteiger partial charge in [0.1, 0.15) is 14.9 Å². The summed E-state index contributed by atoms with van der Waals surface area (Å²) in [6.07, 6.45) is 0. The van der Waals surface area contributed by atoms with Crippen molar-refractivity contribution in [2.75, 3.05) is 14.1 Å². The van der Waals surface area contributed by atoms with Crippen LogP contribution >= 0.6 is 11.3 Å². The van der Waals surface area contributed by atoms with E-state index in [1.807, 2.05) is 0 Å². The topological polar surface area (TPSA) is 113 Å². The van der Waals surface area contributed by atoms with Crippen LogP contribution in [0.5, 0.6) is 0 Å². The standard InChI is InChI=1S/C16H20FN3O5S3/c1-11(19-27(22,23)14-7-5-4-6-13(14)17)16(21)18-10-12-8-9-15(26-12)28(24,25)20(2)3/h4-9,11,19H,10H2,1-3H3,(H,18,21)/t11-/m0/s1. The van der Waals surface area contributed by atoms with E-state index in [0.29, 0.717) is 4.88 Å². The monoisotopic (exact) mass is 449 g/mol. The molecular formula is C16H20FN3O5S3. The zero-order valence-electron chi connectivity index (χ0n) is 15.3. The van der Waals surface area contributed by atoms with Crippen LogP contribution in [-0.2, 0) is 31.4 Å². The smallest absolute Gasteiger partial charge is 0.252 e. The minimum Gasteiger partial charge on any atom is -0.350 e. The van der Waals surface area contributed by atoms with Gasteiger partial charge in [0.25, 0.3) is 10.0 Å². The zero-order valence-corrected chi connectivity index (χ0v) is 17.8. The number of hydrogen-bond acceptors (Lipinski definition) is 6. The summed E-state index contributed by atoms with van der Waals surface area (Å²) in [5.74, 6) is -1.55. The van der Waals surface area contributed by atoms with Crippen LogP contribution in [0.4, 0.5) is 4.39 Å². The number of halogens is 1. The Bertz CT molecular complexity index is 1060. The average Bonchev–Trinajstić information content (AvgIpc) is 3.09. The van der Waals surface area contributed by atoms with Gasteiger partial charge < -0.3 is 5.32 Å². The van der Waals surface area contributed by atoms with Gasteiger partial charge in [-0.15, -0.1) is 11.3 Å². The van der Waals surface area contributed by atoms with E-state index in [-0.39, 0.29) is 10.8 Å². The van der Waals surface area contributed by atoms with E-state index in [2.05, 4.69) is 10.0 Å². The summed E-state index contributed by atoms with van der Waals surface area (Å²) in [4.78, 5) is 12.2. The SMILES string of the molecule is C[C@H](NS(=O)(=O)c1ccccc1F)C(=O)NCc1ccc(S(=O)(=O)N(C)C)s1. The number of hydrogen-bond donors (Lipinski definition) is 2. The molecule has 0 aliphatic carbocycles. The van der Waals surface area contributed by atoms with E-state index in [1.165, 1.54) is 39.2 Å². The highest BCUT2D eigenvalue weighted by molar-refractivity contribution is 7.91. The van der Waals surface area contributed by atoms with Crippen LogP contribution in [0, 0.1) is 5.82 Å². The van der Waals surface area contributed by atoms with Crippen LogP contribution in [0.15, 0.2) is 45.5 Å². The molecule has 2 aromatic rings. The number of sulfonamides is 2. The van der Waals surface area contributed by atoms with Gasteiger partial charge in [-0.1, -0.05) is 12.1 Å². The first-order chi connectivity index (χ1) is 12.9. The van der Waals surface area contributed by atoms with E-state index in [4.69, 9.17) is 0 Å². The fourth-order valence-electron chi connectivity index (χ4n) is 2.11. The van der Waals surface area contributed by atoms with Gasteiger partial charge >= 0.3 is 0 Å². The third-order valence-corrected chi connectivity index (χ3v) is 8.60. The van der Waals surface area contributed by atoms with Crippen LogP contribution < -0.4 is 10.0 Å². The summed E-state index contributed by atoms with van der Waals surface area (Å²) in [6, 6.07) is 6.68. The van der Waals surface area contributed by atoms with Crippen molar-refractivity contribution < 1.29 is 26.0 Å². The molecule has 1 amide bonds. The van der Waals surface area contributed by atoms with E-state index in [9.17, 15) is 26.0 Å². The van der Waals surface area contributed by atoms with Gasteiger partial charge in [-0.05, 0) is 31.2 Å². The number of nitrogens with zero attached hydrogens (tertiary/aromatic N) is 1. The molecular weight excluding hydrogens is 429 g/mol. The fraction of sp³-hybridized carbons (Fsp3) is 0.312. The van der Waals surface area contributed by atoms with E-state index < -0.39 is 42.7 Å². The summed E-state index contributed by atoms with van der Waals surface area (Å²) in [7, 11) is -4.94. The Labute approximate surface area is 167 Å². The number of thiophene rings is 1.